The molecule has 1 unspecified atom stereocenters. The second kappa shape index (κ2) is 6.58. The van der Waals surface area contributed by atoms with Crippen LogP contribution in [-0.4, -0.2) is 31.1 Å². The highest BCUT2D eigenvalue weighted by Crippen LogP contribution is 2.22. The molecule has 20 heavy (non-hydrogen) atoms. The van der Waals surface area contributed by atoms with Gasteiger partial charge in [-0.1, -0.05) is 11.6 Å². The van der Waals surface area contributed by atoms with Gasteiger partial charge in [-0.05, 0) is 31.0 Å². The molecule has 108 valence electrons. The first-order valence-electron chi connectivity index (χ1n) is 6.32. The predicted octanol–water partition coefficient (Wildman–Crippen LogP) is 1.16. The standard InChI is InChI=1S/C13H16ClN3O3/c14-10-6-8(3-4-11(10)15)17-13(19)12(18)16-7-9-2-1-5-20-9/h3-4,6,9H,1-2,5,7,15H2,(H,16,18)(H,17,19). The third-order valence-electron chi connectivity index (χ3n) is 2.98. The van der Waals surface area contributed by atoms with Gasteiger partial charge in [-0.25, -0.2) is 0 Å². The number of amides is 2. The molecular formula is C13H16ClN3O3. The van der Waals surface area contributed by atoms with E-state index in [0.717, 1.165) is 12.8 Å². The Labute approximate surface area is 121 Å². The topological polar surface area (TPSA) is 93.5 Å². The first kappa shape index (κ1) is 14.6. The molecule has 0 radical (unpaired) electrons. The molecule has 7 heteroatoms. The fourth-order valence-electron chi connectivity index (χ4n) is 1.88. The maximum atomic E-state index is 11.7. The van der Waals surface area contributed by atoms with Crippen molar-refractivity contribution in [2.45, 2.75) is 18.9 Å². The Hall–Kier alpha value is -1.79. The van der Waals surface area contributed by atoms with Crippen LogP contribution in [0.3, 0.4) is 0 Å². The lowest BCUT2D eigenvalue weighted by molar-refractivity contribution is -0.136. The third kappa shape index (κ3) is 3.85. The van der Waals surface area contributed by atoms with Gasteiger partial charge in [0.05, 0.1) is 16.8 Å². The van der Waals surface area contributed by atoms with Gasteiger partial charge in [0.1, 0.15) is 0 Å². The predicted molar refractivity (Wildman–Crippen MR) is 76.5 cm³/mol. The summed E-state index contributed by atoms with van der Waals surface area (Å²) in [6.45, 7) is 1.05. The quantitative estimate of drug-likeness (QED) is 0.576. The largest absolute Gasteiger partial charge is 0.398 e. The normalized spacial score (nSPS) is 17.8. The number of nitrogen functional groups attached to an aromatic ring is 1. The molecular weight excluding hydrogens is 282 g/mol. The van der Waals surface area contributed by atoms with Crippen LogP contribution in [0.1, 0.15) is 12.8 Å². The number of hydrogen-bond donors (Lipinski definition) is 3. The smallest absolute Gasteiger partial charge is 0.313 e. The van der Waals surface area contributed by atoms with Crippen LogP contribution in [0, 0.1) is 0 Å². The zero-order chi connectivity index (χ0) is 14.5. The van der Waals surface area contributed by atoms with Gasteiger partial charge in [-0.15, -0.1) is 0 Å². The summed E-state index contributed by atoms with van der Waals surface area (Å²) < 4.78 is 5.35. The van der Waals surface area contributed by atoms with E-state index in [1.165, 1.54) is 6.07 Å². The minimum Gasteiger partial charge on any atom is -0.398 e. The fraction of sp³-hybridized carbons (Fsp3) is 0.385. The van der Waals surface area contributed by atoms with Crippen molar-refractivity contribution in [3.63, 3.8) is 0 Å². The maximum absolute atomic E-state index is 11.7. The molecule has 1 heterocycles. The van der Waals surface area contributed by atoms with Crippen LogP contribution in [-0.2, 0) is 14.3 Å². The van der Waals surface area contributed by atoms with Crippen molar-refractivity contribution in [2.75, 3.05) is 24.2 Å². The van der Waals surface area contributed by atoms with E-state index in [4.69, 9.17) is 22.1 Å². The molecule has 2 rings (SSSR count). The van der Waals surface area contributed by atoms with Crippen LogP contribution in [0.4, 0.5) is 11.4 Å². The molecule has 4 N–H and O–H groups in total. The SMILES string of the molecule is Nc1ccc(NC(=O)C(=O)NCC2CCCO2)cc1Cl. The number of nitrogens with two attached hydrogens (primary N) is 1. The van der Waals surface area contributed by atoms with Gasteiger partial charge in [0.25, 0.3) is 0 Å². The molecule has 2 amide bonds. The highest BCUT2D eigenvalue weighted by molar-refractivity contribution is 6.40. The number of anilines is 2. The number of hydrogen-bond acceptors (Lipinski definition) is 4. The Bertz CT molecular complexity index is 516. The Balaban J connectivity index is 1.83. The first-order valence-corrected chi connectivity index (χ1v) is 6.70. The van der Waals surface area contributed by atoms with Crippen molar-refractivity contribution in [2.24, 2.45) is 0 Å². The van der Waals surface area contributed by atoms with Gasteiger partial charge in [0, 0.05) is 18.8 Å². The van der Waals surface area contributed by atoms with Crippen molar-refractivity contribution in [3.8, 4) is 0 Å². The van der Waals surface area contributed by atoms with E-state index in [0.29, 0.717) is 29.5 Å². The van der Waals surface area contributed by atoms with Crippen LogP contribution in [0.15, 0.2) is 18.2 Å². The molecule has 6 nitrogen and oxygen atoms in total. The minimum atomic E-state index is -0.746. The lowest BCUT2D eigenvalue weighted by Crippen LogP contribution is -2.39. The van der Waals surface area contributed by atoms with Crippen LogP contribution in [0.2, 0.25) is 5.02 Å². The summed E-state index contributed by atoms with van der Waals surface area (Å²) in [5.74, 6) is -1.45. The molecule has 1 aliphatic heterocycles. The van der Waals surface area contributed by atoms with Crippen LogP contribution in [0.5, 0.6) is 0 Å². The van der Waals surface area contributed by atoms with Crippen LogP contribution in [0.25, 0.3) is 0 Å². The zero-order valence-electron chi connectivity index (χ0n) is 10.8. The summed E-state index contributed by atoms with van der Waals surface area (Å²) in [5, 5.41) is 5.31. The van der Waals surface area contributed by atoms with Crippen molar-refractivity contribution in [1.29, 1.82) is 0 Å². The lowest BCUT2D eigenvalue weighted by Gasteiger charge is -2.11. The molecule has 1 fully saturated rings. The van der Waals surface area contributed by atoms with Crippen LogP contribution >= 0.6 is 11.6 Å². The van der Waals surface area contributed by atoms with Gasteiger partial charge < -0.3 is 21.1 Å². The number of carbonyl (C=O) groups excluding carboxylic acids is 2. The van der Waals surface area contributed by atoms with Gasteiger partial charge in [-0.2, -0.15) is 0 Å². The molecule has 0 bridgehead atoms. The summed E-state index contributed by atoms with van der Waals surface area (Å²) >= 11 is 5.83. The second-order valence-electron chi connectivity index (χ2n) is 4.54. The Morgan fingerprint density at radius 3 is 2.85 bits per heavy atom. The van der Waals surface area contributed by atoms with E-state index in [9.17, 15) is 9.59 Å². The van der Waals surface area contributed by atoms with Gasteiger partial charge in [0.15, 0.2) is 0 Å². The third-order valence-corrected chi connectivity index (χ3v) is 3.31. The van der Waals surface area contributed by atoms with E-state index in [1.807, 2.05) is 0 Å². The Kier molecular flexibility index (Phi) is 4.81. The highest BCUT2D eigenvalue weighted by atomic mass is 35.5. The van der Waals surface area contributed by atoms with Gasteiger partial charge in [0.2, 0.25) is 0 Å². The maximum Gasteiger partial charge on any atom is 0.313 e. The van der Waals surface area contributed by atoms with Crippen molar-refractivity contribution >= 4 is 34.8 Å². The molecule has 0 aliphatic carbocycles. The highest BCUT2D eigenvalue weighted by Gasteiger charge is 2.19. The first-order chi connectivity index (χ1) is 9.56. The molecule has 0 spiro atoms. The van der Waals surface area contributed by atoms with Crippen LogP contribution < -0.4 is 16.4 Å². The number of nitrogens with one attached hydrogen (secondary N) is 2. The molecule has 0 saturated carbocycles. The molecule has 1 saturated heterocycles. The van der Waals surface area contributed by atoms with E-state index in [-0.39, 0.29) is 6.10 Å². The summed E-state index contributed by atoms with van der Waals surface area (Å²) in [5.41, 5.74) is 6.39. The van der Waals surface area contributed by atoms with E-state index >= 15 is 0 Å². The molecule has 1 aromatic carbocycles. The van der Waals surface area contributed by atoms with E-state index in [2.05, 4.69) is 10.6 Å². The second-order valence-corrected chi connectivity index (χ2v) is 4.94. The molecule has 0 aromatic heterocycles. The van der Waals surface area contributed by atoms with E-state index in [1.54, 1.807) is 12.1 Å². The Morgan fingerprint density at radius 2 is 2.20 bits per heavy atom. The fourth-order valence-corrected chi connectivity index (χ4v) is 2.07. The average molecular weight is 298 g/mol. The number of benzene rings is 1. The zero-order valence-corrected chi connectivity index (χ0v) is 11.6. The molecule has 1 aromatic rings. The van der Waals surface area contributed by atoms with Crippen molar-refractivity contribution in [3.05, 3.63) is 23.2 Å². The molecule has 1 atom stereocenters. The number of rotatable bonds is 3. The van der Waals surface area contributed by atoms with E-state index < -0.39 is 11.8 Å². The number of ether oxygens (including phenoxy) is 1. The van der Waals surface area contributed by atoms with Gasteiger partial charge >= 0.3 is 11.8 Å². The summed E-state index contributed by atoms with van der Waals surface area (Å²) in [6, 6.07) is 4.62. The lowest BCUT2D eigenvalue weighted by atomic mass is 10.2. The summed E-state index contributed by atoms with van der Waals surface area (Å²) in [7, 11) is 0. The number of halogens is 1. The summed E-state index contributed by atoms with van der Waals surface area (Å²) in [6.07, 6.45) is 1.88. The van der Waals surface area contributed by atoms with Gasteiger partial charge in [-0.3, -0.25) is 9.59 Å². The monoisotopic (exact) mass is 297 g/mol. The summed E-state index contributed by atoms with van der Waals surface area (Å²) in [4.78, 5) is 23.3. The Morgan fingerprint density at radius 1 is 1.40 bits per heavy atom. The molecule has 1 aliphatic rings. The number of carbonyl (C=O) groups is 2. The average Bonchev–Trinajstić information content (AvgIpc) is 2.93. The van der Waals surface area contributed by atoms with Crippen molar-refractivity contribution < 1.29 is 14.3 Å². The minimum absolute atomic E-state index is 0.00211. The van der Waals surface area contributed by atoms with Crippen molar-refractivity contribution in [1.82, 2.24) is 5.32 Å².